The van der Waals surface area contributed by atoms with Gasteiger partial charge in [0.05, 0.1) is 34.4 Å². The summed E-state index contributed by atoms with van der Waals surface area (Å²) < 4.78 is 16.1. The zero-order valence-electron chi connectivity index (χ0n) is 36.6. The third-order valence-electron chi connectivity index (χ3n) is 8.46. The second-order valence-corrected chi connectivity index (χ2v) is 15.1. The zero-order chi connectivity index (χ0) is 42.6. The predicted octanol–water partition coefficient (Wildman–Crippen LogP) is 11.6. The molecule has 2 N–H and O–H groups in total. The van der Waals surface area contributed by atoms with Gasteiger partial charge in [0, 0.05) is 6.42 Å². The van der Waals surface area contributed by atoms with Crippen molar-refractivity contribution in [2.45, 2.75) is 135 Å². The molecule has 8 heteroatoms. The molecule has 0 amide bonds. The molecule has 0 aliphatic heterocycles. The molecule has 0 rings (SSSR count). The molecule has 0 saturated carbocycles. The highest BCUT2D eigenvalue weighted by Crippen LogP contribution is 2.10. The highest BCUT2D eigenvalue weighted by atomic mass is 16.7. The fourth-order valence-corrected chi connectivity index (χ4v) is 5.09. The molecule has 0 fully saturated rings. The molecule has 2 unspecified atom stereocenters. The number of aliphatic hydroxyl groups is 1. The van der Waals surface area contributed by atoms with Crippen LogP contribution < -0.4 is 0 Å². The topological polar surface area (TPSA) is 102 Å². The minimum absolute atomic E-state index is 0.201. The van der Waals surface area contributed by atoms with Gasteiger partial charge in [0.15, 0.2) is 0 Å². The number of aliphatic carboxylic acids is 1. The van der Waals surface area contributed by atoms with Gasteiger partial charge in [0.1, 0.15) is 19.3 Å². The summed E-state index contributed by atoms with van der Waals surface area (Å²) in [5, 5.41) is 19.3. The molecular formula is C50H80NO7+. The third kappa shape index (κ3) is 43.3. The zero-order valence-corrected chi connectivity index (χ0v) is 36.6. The number of allylic oxidation sites excluding steroid dienone is 20. The first kappa shape index (κ1) is 54.2. The van der Waals surface area contributed by atoms with Crippen molar-refractivity contribution in [1.29, 1.82) is 0 Å². The quantitative estimate of drug-likeness (QED) is 0.0211. The fourth-order valence-electron chi connectivity index (χ4n) is 5.09. The molecule has 0 aliphatic rings. The molecule has 0 aromatic carbocycles. The molecule has 0 saturated heterocycles. The lowest BCUT2D eigenvalue weighted by atomic mass is 10.1. The van der Waals surface area contributed by atoms with Crippen LogP contribution in [-0.2, 0) is 23.8 Å². The maximum atomic E-state index is 12.0. The molecule has 0 aromatic heterocycles. The summed E-state index contributed by atoms with van der Waals surface area (Å²) in [6, 6.07) is 0. The smallest absolute Gasteiger partial charge is 0.361 e. The second kappa shape index (κ2) is 41.3. The summed E-state index contributed by atoms with van der Waals surface area (Å²) in [6.07, 6.45) is 59.6. The molecular weight excluding hydrogens is 727 g/mol. The van der Waals surface area contributed by atoms with Gasteiger partial charge in [-0.05, 0) is 83.5 Å². The monoisotopic (exact) mass is 807 g/mol. The highest BCUT2D eigenvalue weighted by Gasteiger charge is 2.22. The Balaban J connectivity index is 3.67. The van der Waals surface area contributed by atoms with E-state index in [0.29, 0.717) is 17.4 Å². The Hall–Kier alpha value is -3.82. The van der Waals surface area contributed by atoms with Gasteiger partial charge in [-0.15, -0.1) is 0 Å². The van der Waals surface area contributed by atoms with E-state index in [9.17, 15) is 19.8 Å². The van der Waals surface area contributed by atoms with Crippen molar-refractivity contribution in [1.82, 2.24) is 0 Å². The number of nitrogens with zero attached hydrogens (tertiary/aromatic N) is 1. The molecule has 326 valence electrons. The highest BCUT2D eigenvalue weighted by molar-refractivity contribution is 5.70. The summed E-state index contributed by atoms with van der Waals surface area (Å²) in [6.45, 7) is 2.42. The van der Waals surface area contributed by atoms with Gasteiger partial charge in [-0.1, -0.05) is 154 Å². The minimum Gasteiger partial charge on any atom is -0.477 e. The van der Waals surface area contributed by atoms with Crippen LogP contribution in [0.5, 0.6) is 0 Å². The lowest BCUT2D eigenvalue weighted by Gasteiger charge is -2.24. The van der Waals surface area contributed by atoms with E-state index in [4.69, 9.17) is 14.2 Å². The standard InChI is InChI=1S/C50H79NO7/c1-5-6-7-8-9-10-11-12-13-14-15-16-17-18-19-20-21-22-23-24-25-26-27-28-29-30-31-32-33-34-35-36-37-38-39-40-41-42-48(53)57-45-47(52)46-58-50(49(54)55)56-44-43-51(2,3)4/h6-7,9-10,12-13,15-16,18-19,21-22,24-25,27-28,30-31,33-34,47,50,52H,5,8,11,14,17,20,23,26,29,32,35-46H2,1-4H3/p+1/b7-6-,10-9-,13-12-,16-15-,19-18-,22-21-,25-24-,28-27-,31-30-,34-33-. The fraction of sp³-hybridized carbons (Fsp3) is 0.560. The van der Waals surface area contributed by atoms with Crippen LogP contribution in [0.25, 0.3) is 0 Å². The molecule has 0 spiro atoms. The number of quaternary nitrogens is 1. The van der Waals surface area contributed by atoms with Crippen molar-refractivity contribution in [2.24, 2.45) is 0 Å². The van der Waals surface area contributed by atoms with E-state index < -0.39 is 18.4 Å². The van der Waals surface area contributed by atoms with Gasteiger partial charge in [0.2, 0.25) is 0 Å². The average molecular weight is 807 g/mol. The van der Waals surface area contributed by atoms with Crippen LogP contribution in [0.3, 0.4) is 0 Å². The summed E-state index contributed by atoms with van der Waals surface area (Å²) in [7, 11) is 5.90. The Bertz CT molecular complexity index is 1290. The first-order valence-electron chi connectivity index (χ1n) is 21.8. The number of carbonyl (C=O) groups excluding carboxylic acids is 1. The van der Waals surface area contributed by atoms with Crippen LogP contribution in [0.1, 0.15) is 122 Å². The van der Waals surface area contributed by atoms with Gasteiger partial charge < -0.3 is 28.9 Å². The van der Waals surface area contributed by atoms with E-state index >= 15 is 0 Å². The van der Waals surface area contributed by atoms with Crippen LogP contribution in [0.2, 0.25) is 0 Å². The van der Waals surface area contributed by atoms with Crippen molar-refractivity contribution in [3.63, 3.8) is 0 Å². The molecule has 0 radical (unpaired) electrons. The largest absolute Gasteiger partial charge is 0.477 e. The number of hydrogen-bond donors (Lipinski definition) is 2. The Morgan fingerprint density at radius 1 is 0.517 bits per heavy atom. The van der Waals surface area contributed by atoms with E-state index in [1.165, 1.54) is 12.8 Å². The number of aliphatic hydroxyl groups excluding tert-OH is 1. The number of esters is 1. The van der Waals surface area contributed by atoms with Crippen molar-refractivity contribution >= 4 is 11.9 Å². The number of hydrogen-bond acceptors (Lipinski definition) is 6. The average Bonchev–Trinajstić information content (AvgIpc) is 3.19. The van der Waals surface area contributed by atoms with Crippen LogP contribution in [0.4, 0.5) is 0 Å². The number of carboxylic acid groups (broad SMARTS) is 1. The van der Waals surface area contributed by atoms with Crippen LogP contribution in [0, 0.1) is 0 Å². The lowest BCUT2D eigenvalue weighted by Crippen LogP contribution is -2.40. The van der Waals surface area contributed by atoms with Gasteiger partial charge in [-0.2, -0.15) is 0 Å². The molecule has 58 heavy (non-hydrogen) atoms. The summed E-state index contributed by atoms with van der Waals surface area (Å²) in [5.41, 5.74) is 0. The van der Waals surface area contributed by atoms with Gasteiger partial charge in [-0.25, -0.2) is 4.79 Å². The molecule has 0 bridgehead atoms. The normalized spacial score (nSPS) is 14.3. The maximum Gasteiger partial charge on any atom is 0.361 e. The number of unbranched alkanes of at least 4 members (excludes halogenated alkanes) is 6. The first-order chi connectivity index (χ1) is 28.2. The lowest BCUT2D eigenvalue weighted by molar-refractivity contribution is -0.870. The summed E-state index contributed by atoms with van der Waals surface area (Å²) >= 11 is 0. The van der Waals surface area contributed by atoms with Crippen LogP contribution in [-0.4, -0.2) is 86.5 Å². The number of rotatable bonds is 38. The van der Waals surface area contributed by atoms with Crippen molar-refractivity contribution in [3.8, 4) is 0 Å². The predicted molar refractivity (Wildman–Crippen MR) is 243 cm³/mol. The number of likely N-dealkylation sites (N-methyl/N-ethyl adjacent to an activating group) is 1. The van der Waals surface area contributed by atoms with Crippen molar-refractivity contribution in [3.05, 3.63) is 122 Å². The summed E-state index contributed by atoms with van der Waals surface area (Å²) in [4.78, 5) is 23.3. The van der Waals surface area contributed by atoms with Crippen molar-refractivity contribution in [2.75, 3.05) is 47.5 Å². The molecule has 8 nitrogen and oxygen atoms in total. The van der Waals surface area contributed by atoms with E-state index in [1.807, 2.05) is 21.1 Å². The molecule has 0 aliphatic carbocycles. The molecule has 2 atom stereocenters. The van der Waals surface area contributed by atoms with Crippen molar-refractivity contribution < 1.29 is 38.5 Å². The van der Waals surface area contributed by atoms with E-state index in [-0.39, 0.29) is 25.8 Å². The Morgan fingerprint density at radius 2 is 0.897 bits per heavy atom. The van der Waals surface area contributed by atoms with E-state index in [0.717, 1.165) is 96.3 Å². The number of ether oxygens (including phenoxy) is 3. The Kier molecular flexibility index (Phi) is 38.6. The number of carboxylic acids is 1. The van der Waals surface area contributed by atoms with E-state index in [1.54, 1.807) is 0 Å². The molecule has 0 heterocycles. The minimum atomic E-state index is -1.47. The van der Waals surface area contributed by atoms with Crippen LogP contribution >= 0.6 is 0 Å². The second-order valence-electron chi connectivity index (χ2n) is 15.1. The summed E-state index contributed by atoms with van der Waals surface area (Å²) in [5.74, 6) is -1.64. The SMILES string of the molecule is CC/C=C\C/C=C\C/C=C\C/C=C\C/C=C\C/C=C\C/C=C\C/C=C\C/C=C\C/C=C\CCCCCCCCC(=O)OCC(O)COC(OCC[N+](C)(C)C)C(=O)O. The number of carbonyl (C=O) groups is 2. The molecule has 0 aromatic rings. The van der Waals surface area contributed by atoms with Crippen LogP contribution in [0.15, 0.2) is 122 Å². The maximum absolute atomic E-state index is 12.0. The van der Waals surface area contributed by atoms with E-state index in [2.05, 4.69) is 128 Å². The Morgan fingerprint density at radius 3 is 1.29 bits per heavy atom. The van der Waals surface area contributed by atoms with Gasteiger partial charge in [-0.3, -0.25) is 4.79 Å². The Labute approximate surface area is 353 Å². The van der Waals surface area contributed by atoms with Gasteiger partial charge >= 0.3 is 11.9 Å². The third-order valence-corrected chi connectivity index (χ3v) is 8.46. The first-order valence-corrected chi connectivity index (χ1v) is 21.8. The van der Waals surface area contributed by atoms with Gasteiger partial charge in [0.25, 0.3) is 6.29 Å².